The lowest BCUT2D eigenvalue weighted by Gasteiger charge is -2.35. The minimum absolute atomic E-state index is 0. The highest BCUT2D eigenvalue weighted by molar-refractivity contribution is 14.0. The Labute approximate surface area is 185 Å². The van der Waals surface area contributed by atoms with Gasteiger partial charge in [0.05, 0.1) is 25.5 Å². The minimum Gasteiger partial charge on any atom is -0.379 e. The van der Waals surface area contributed by atoms with Crippen LogP contribution in [0.4, 0.5) is 0 Å². The third kappa shape index (κ3) is 8.62. The van der Waals surface area contributed by atoms with E-state index in [0.717, 1.165) is 56.1 Å². The van der Waals surface area contributed by atoms with Crippen LogP contribution < -0.4 is 10.6 Å². The van der Waals surface area contributed by atoms with Gasteiger partial charge < -0.3 is 15.4 Å². The van der Waals surface area contributed by atoms with Crippen molar-refractivity contribution in [3.8, 4) is 0 Å². The first-order valence-electron chi connectivity index (χ1n) is 9.76. The Morgan fingerprint density at radius 3 is 2.52 bits per heavy atom. The number of nitrogens with one attached hydrogen (secondary N) is 2. The standard InChI is InChI=1S/C19H35N5OS.HI/c1-6-20-19(22-13-18-23-15(4)16(5)26-18)21-12-17(11-14(2)3)24-7-9-25-10-8-24;/h14,17H,6-13H2,1-5H3,(H2,20,21,22);1H. The van der Waals surface area contributed by atoms with Crippen molar-refractivity contribution >= 4 is 41.3 Å². The summed E-state index contributed by atoms with van der Waals surface area (Å²) in [6, 6.07) is 0.507. The predicted molar refractivity (Wildman–Crippen MR) is 125 cm³/mol. The second-order valence-corrected chi connectivity index (χ2v) is 8.54. The number of morpholine rings is 1. The van der Waals surface area contributed by atoms with E-state index in [9.17, 15) is 0 Å². The topological polar surface area (TPSA) is 61.8 Å². The summed E-state index contributed by atoms with van der Waals surface area (Å²) in [6.45, 7) is 17.0. The van der Waals surface area contributed by atoms with E-state index in [-0.39, 0.29) is 24.0 Å². The number of aromatic nitrogens is 1. The maximum absolute atomic E-state index is 5.51. The Balaban J connectivity index is 0.00000364. The molecular formula is C19H36IN5OS. The molecule has 0 amide bonds. The van der Waals surface area contributed by atoms with Crippen molar-refractivity contribution < 1.29 is 4.74 Å². The van der Waals surface area contributed by atoms with Crippen LogP contribution in [-0.2, 0) is 11.3 Å². The minimum atomic E-state index is 0. The first-order valence-corrected chi connectivity index (χ1v) is 10.6. The van der Waals surface area contributed by atoms with Crippen LogP contribution in [0.1, 0.15) is 42.8 Å². The second kappa shape index (κ2) is 12.9. The number of ether oxygens (including phenoxy) is 1. The maximum Gasteiger partial charge on any atom is 0.191 e. The average Bonchev–Trinajstić information content (AvgIpc) is 2.94. The van der Waals surface area contributed by atoms with Gasteiger partial charge in [-0.15, -0.1) is 35.3 Å². The highest BCUT2D eigenvalue weighted by Crippen LogP contribution is 2.17. The summed E-state index contributed by atoms with van der Waals surface area (Å²) < 4.78 is 5.51. The summed E-state index contributed by atoms with van der Waals surface area (Å²) in [5, 5.41) is 7.98. The lowest BCUT2D eigenvalue weighted by molar-refractivity contribution is 0.0132. The fourth-order valence-electron chi connectivity index (χ4n) is 3.16. The molecule has 1 atom stereocenters. The largest absolute Gasteiger partial charge is 0.379 e. The Hall–Kier alpha value is -0.450. The Bertz CT molecular complexity index is 553. The van der Waals surface area contributed by atoms with Gasteiger partial charge >= 0.3 is 0 Å². The number of halogens is 1. The summed E-state index contributed by atoms with van der Waals surface area (Å²) in [4.78, 5) is 13.1. The van der Waals surface area contributed by atoms with Gasteiger partial charge in [-0.1, -0.05) is 13.8 Å². The van der Waals surface area contributed by atoms with Crippen molar-refractivity contribution in [3.05, 3.63) is 15.6 Å². The Morgan fingerprint density at radius 1 is 1.26 bits per heavy atom. The van der Waals surface area contributed by atoms with Crippen LogP contribution in [0.15, 0.2) is 4.99 Å². The molecule has 0 aromatic carbocycles. The normalized spacial score (nSPS) is 16.9. The predicted octanol–water partition coefficient (Wildman–Crippen LogP) is 3.18. The summed E-state index contributed by atoms with van der Waals surface area (Å²) >= 11 is 1.73. The van der Waals surface area contributed by atoms with Gasteiger partial charge in [0.1, 0.15) is 5.01 Å². The zero-order valence-corrected chi connectivity index (χ0v) is 20.5. The number of aliphatic imine (C=N–C) groups is 1. The SMILES string of the molecule is CCNC(=NCc1nc(C)c(C)s1)NCC(CC(C)C)N1CCOCC1.I. The maximum atomic E-state index is 5.51. The van der Waals surface area contributed by atoms with Crippen molar-refractivity contribution in [3.63, 3.8) is 0 Å². The quantitative estimate of drug-likeness (QED) is 0.320. The third-order valence-corrected chi connectivity index (χ3v) is 5.66. The number of hydrogen-bond acceptors (Lipinski definition) is 5. The molecule has 1 unspecified atom stereocenters. The molecule has 2 N–H and O–H groups in total. The lowest BCUT2D eigenvalue weighted by atomic mass is 10.0. The highest BCUT2D eigenvalue weighted by Gasteiger charge is 2.22. The molecule has 6 nitrogen and oxygen atoms in total. The molecule has 1 aromatic rings. The van der Waals surface area contributed by atoms with Gasteiger partial charge in [-0.25, -0.2) is 9.98 Å². The number of nitrogens with zero attached hydrogens (tertiary/aromatic N) is 3. The monoisotopic (exact) mass is 509 g/mol. The van der Waals surface area contributed by atoms with Gasteiger partial charge in [0.2, 0.25) is 0 Å². The number of hydrogen-bond donors (Lipinski definition) is 2. The highest BCUT2D eigenvalue weighted by atomic mass is 127. The molecule has 8 heteroatoms. The zero-order chi connectivity index (χ0) is 18.9. The molecule has 1 saturated heterocycles. The molecule has 0 spiro atoms. The number of rotatable bonds is 8. The van der Waals surface area contributed by atoms with Crippen molar-refractivity contribution in [2.24, 2.45) is 10.9 Å². The van der Waals surface area contributed by atoms with Gasteiger partial charge in [-0.3, -0.25) is 4.90 Å². The molecule has 1 aliphatic heterocycles. The molecule has 1 fully saturated rings. The molecule has 0 bridgehead atoms. The first-order chi connectivity index (χ1) is 12.5. The van der Waals surface area contributed by atoms with Gasteiger partial charge in [0.25, 0.3) is 0 Å². The van der Waals surface area contributed by atoms with Gasteiger partial charge in [-0.05, 0) is 33.1 Å². The molecule has 1 aliphatic rings. The van der Waals surface area contributed by atoms with Crippen molar-refractivity contribution in [1.82, 2.24) is 20.5 Å². The molecule has 0 radical (unpaired) electrons. The smallest absolute Gasteiger partial charge is 0.191 e. The molecule has 2 rings (SSSR count). The van der Waals surface area contributed by atoms with E-state index in [4.69, 9.17) is 9.73 Å². The second-order valence-electron chi connectivity index (χ2n) is 7.26. The number of aryl methyl sites for hydroxylation is 2. The van der Waals surface area contributed by atoms with Crippen LogP contribution in [0.5, 0.6) is 0 Å². The van der Waals surface area contributed by atoms with E-state index < -0.39 is 0 Å². The van der Waals surface area contributed by atoms with E-state index in [1.54, 1.807) is 11.3 Å². The van der Waals surface area contributed by atoms with E-state index >= 15 is 0 Å². The first kappa shape index (κ1) is 24.6. The molecule has 0 aliphatic carbocycles. The van der Waals surface area contributed by atoms with E-state index in [2.05, 4.69) is 55.1 Å². The third-order valence-electron chi connectivity index (χ3n) is 4.60. The average molecular weight is 510 g/mol. The number of thiazole rings is 1. The fraction of sp³-hybridized carbons (Fsp3) is 0.789. The van der Waals surface area contributed by atoms with Crippen LogP contribution in [0.3, 0.4) is 0 Å². The molecular weight excluding hydrogens is 473 g/mol. The van der Waals surface area contributed by atoms with E-state index in [1.807, 2.05) is 0 Å². The van der Waals surface area contributed by atoms with Crippen LogP contribution in [0.2, 0.25) is 0 Å². The summed E-state index contributed by atoms with van der Waals surface area (Å²) in [5.74, 6) is 1.55. The van der Waals surface area contributed by atoms with Gasteiger partial charge in [0, 0.05) is 37.1 Å². The van der Waals surface area contributed by atoms with Gasteiger partial charge in [-0.2, -0.15) is 0 Å². The van der Waals surface area contributed by atoms with Crippen LogP contribution >= 0.6 is 35.3 Å². The molecule has 2 heterocycles. The van der Waals surface area contributed by atoms with Crippen LogP contribution in [0, 0.1) is 19.8 Å². The summed E-state index contributed by atoms with van der Waals surface area (Å²) in [5.41, 5.74) is 1.11. The van der Waals surface area contributed by atoms with E-state index in [1.165, 1.54) is 11.3 Å². The zero-order valence-electron chi connectivity index (χ0n) is 17.4. The molecule has 0 saturated carbocycles. The lowest BCUT2D eigenvalue weighted by Crippen LogP contribution is -2.51. The summed E-state index contributed by atoms with van der Waals surface area (Å²) in [6.07, 6.45) is 1.18. The Kier molecular flexibility index (Phi) is 11.7. The van der Waals surface area contributed by atoms with Gasteiger partial charge in [0.15, 0.2) is 5.96 Å². The van der Waals surface area contributed by atoms with Crippen molar-refractivity contribution in [1.29, 1.82) is 0 Å². The number of guanidine groups is 1. The Morgan fingerprint density at radius 2 is 1.96 bits per heavy atom. The van der Waals surface area contributed by atoms with Crippen molar-refractivity contribution in [2.45, 2.75) is 53.6 Å². The summed E-state index contributed by atoms with van der Waals surface area (Å²) in [7, 11) is 0. The van der Waals surface area contributed by atoms with Crippen molar-refractivity contribution in [2.75, 3.05) is 39.4 Å². The fourth-order valence-corrected chi connectivity index (χ4v) is 4.02. The van der Waals surface area contributed by atoms with Crippen LogP contribution in [-0.4, -0.2) is 61.3 Å². The molecule has 1 aromatic heterocycles. The van der Waals surface area contributed by atoms with Crippen LogP contribution in [0.25, 0.3) is 0 Å². The molecule has 156 valence electrons. The molecule has 27 heavy (non-hydrogen) atoms. The van der Waals surface area contributed by atoms with E-state index in [0.29, 0.717) is 18.5 Å².